The van der Waals surface area contributed by atoms with E-state index < -0.39 is 9.84 Å². The summed E-state index contributed by atoms with van der Waals surface area (Å²) in [5, 5.41) is 0. The molecule has 0 unspecified atom stereocenters. The molecule has 0 fully saturated rings. The third-order valence-corrected chi connectivity index (χ3v) is 3.70. The van der Waals surface area contributed by atoms with Crippen LogP contribution in [0.3, 0.4) is 0 Å². The molecular weight excluding hydrogens is 234 g/mol. The lowest BCUT2D eigenvalue weighted by Gasteiger charge is -2.04. The summed E-state index contributed by atoms with van der Waals surface area (Å²) >= 11 is 0. The van der Waals surface area contributed by atoms with Gasteiger partial charge in [0, 0.05) is 24.0 Å². The van der Waals surface area contributed by atoms with Gasteiger partial charge in [-0.05, 0) is 6.07 Å². The van der Waals surface area contributed by atoms with Crippen LogP contribution in [0.4, 0.5) is 0 Å². The fourth-order valence-corrected chi connectivity index (χ4v) is 2.67. The number of sulfone groups is 1. The molecule has 1 aromatic carbocycles. The molecule has 0 aliphatic rings. The second kappa shape index (κ2) is 4.67. The Hall–Kier alpha value is -1.68. The fourth-order valence-electron chi connectivity index (χ4n) is 1.73. The Labute approximate surface area is 101 Å². The normalized spacial score (nSPS) is 11.4. The van der Waals surface area contributed by atoms with Crippen LogP contribution in [-0.2, 0) is 16.4 Å². The second-order valence-corrected chi connectivity index (χ2v) is 5.91. The highest BCUT2D eigenvalue weighted by atomic mass is 32.2. The van der Waals surface area contributed by atoms with E-state index in [0.717, 1.165) is 5.56 Å². The molecule has 0 aliphatic heterocycles. The highest BCUT2D eigenvalue weighted by Crippen LogP contribution is 2.14. The van der Waals surface area contributed by atoms with E-state index in [1.54, 1.807) is 12.1 Å². The number of aromatic nitrogens is 1. The molecule has 0 spiro atoms. The van der Waals surface area contributed by atoms with Crippen molar-refractivity contribution < 1.29 is 13.0 Å². The van der Waals surface area contributed by atoms with Gasteiger partial charge in [-0.1, -0.05) is 24.3 Å². The Bertz CT molecular complexity index is 606. The number of rotatable bonds is 3. The van der Waals surface area contributed by atoms with E-state index in [9.17, 15) is 8.42 Å². The topological polar surface area (TPSA) is 38.0 Å². The first-order chi connectivity index (χ1) is 8.07. The lowest BCUT2D eigenvalue weighted by molar-refractivity contribution is -0.688. The lowest BCUT2D eigenvalue weighted by Crippen LogP contribution is -2.33. The Morgan fingerprint density at radius 2 is 1.65 bits per heavy atom. The molecule has 0 amide bonds. The number of hydrogen-bond donors (Lipinski definition) is 0. The maximum atomic E-state index is 11.6. The average molecular weight is 248 g/mol. The van der Waals surface area contributed by atoms with Crippen LogP contribution in [-0.4, -0.2) is 14.7 Å². The van der Waals surface area contributed by atoms with Gasteiger partial charge in [-0.2, -0.15) is 0 Å². The molecule has 88 valence electrons. The Morgan fingerprint density at radius 3 is 2.29 bits per heavy atom. The highest BCUT2D eigenvalue weighted by Gasteiger charge is 2.14. The zero-order chi connectivity index (χ0) is 12.3. The molecule has 2 rings (SSSR count). The van der Waals surface area contributed by atoms with E-state index in [0.29, 0.717) is 11.4 Å². The molecule has 1 heterocycles. The van der Waals surface area contributed by atoms with Crippen molar-refractivity contribution in [2.24, 2.45) is 0 Å². The van der Waals surface area contributed by atoms with Gasteiger partial charge in [-0.3, -0.25) is 0 Å². The van der Waals surface area contributed by atoms with Crippen molar-refractivity contribution >= 4 is 9.84 Å². The van der Waals surface area contributed by atoms with Crippen LogP contribution in [0.25, 0.3) is 0 Å². The summed E-state index contributed by atoms with van der Waals surface area (Å²) in [6.07, 6.45) is 5.07. The molecular formula is C13H14NO2S+. The summed E-state index contributed by atoms with van der Waals surface area (Å²) in [6, 6.07) is 12.9. The number of benzene rings is 1. The van der Waals surface area contributed by atoms with Crippen LogP contribution in [0, 0.1) is 0 Å². The SMILES string of the molecule is CS(=O)(=O)c1ccccc1C[n+]1ccccc1. The molecule has 0 aliphatic carbocycles. The zero-order valence-electron chi connectivity index (χ0n) is 9.58. The number of pyridine rings is 1. The van der Waals surface area contributed by atoms with Crippen molar-refractivity contribution in [3.8, 4) is 0 Å². The van der Waals surface area contributed by atoms with E-state index in [1.807, 2.05) is 47.3 Å². The molecule has 3 nitrogen and oxygen atoms in total. The molecule has 17 heavy (non-hydrogen) atoms. The zero-order valence-corrected chi connectivity index (χ0v) is 10.4. The summed E-state index contributed by atoms with van der Waals surface area (Å²) in [4.78, 5) is 0.399. The minimum Gasteiger partial charge on any atom is -0.224 e. The van der Waals surface area contributed by atoms with Crippen LogP contribution < -0.4 is 4.57 Å². The molecule has 0 saturated heterocycles. The summed E-state index contributed by atoms with van der Waals surface area (Å²) in [5.74, 6) is 0. The van der Waals surface area contributed by atoms with Gasteiger partial charge in [0.1, 0.15) is 0 Å². The third-order valence-electron chi connectivity index (χ3n) is 2.50. The van der Waals surface area contributed by atoms with Crippen molar-refractivity contribution in [3.05, 3.63) is 60.4 Å². The second-order valence-electron chi connectivity index (χ2n) is 3.93. The lowest BCUT2D eigenvalue weighted by atomic mass is 10.2. The quantitative estimate of drug-likeness (QED) is 0.771. The minimum absolute atomic E-state index is 0.399. The monoisotopic (exact) mass is 248 g/mol. The van der Waals surface area contributed by atoms with Crippen LogP contribution in [0.5, 0.6) is 0 Å². The maximum Gasteiger partial charge on any atom is 0.176 e. The van der Waals surface area contributed by atoms with Crippen molar-refractivity contribution in [1.82, 2.24) is 0 Å². The van der Waals surface area contributed by atoms with Crippen LogP contribution in [0.1, 0.15) is 5.56 Å². The van der Waals surface area contributed by atoms with Gasteiger partial charge in [0.25, 0.3) is 0 Å². The van der Waals surface area contributed by atoms with Crippen LogP contribution in [0.15, 0.2) is 59.8 Å². The summed E-state index contributed by atoms with van der Waals surface area (Å²) < 4.78 is 25.2. The summed E-state index contributed by atoms with van der Waals surface area (Å²) in [5.41, 5.74) is 0.811. The van der Waals surface area contributed by atoms with Crippen molar-refractivity contribution in [1.29, 1.82) is 0 Å². The summed E-state index contributed by atoms with van der Waals surface area (Å²) in [6.45, 7) is 0.560. The van der Waals surface area contributed by atoms with E-state index in [-0.39, 0.29) is 0 Å². The predicted molar refractivity (Wildman–Crippen MR) is 65.3 cm³/mol. The average Bonchev–Trinajstić information content (AvgIpc) is 2.30. The van der Waals surface area contributed by atoms with Gasteiger partial charge in [-0.25, -0.2) is 13.0 Å². The first kappa shape index (κ1) is 11.8. The fraction of sp³-hybridized carbons (Fsp3) is 0.154. The Morgan fingerprint density at radius 1 is 1.00 bits per heavy atom. The molecule has 0 bridgehead atoms. The molecule has 0 radical (unpaired) electrons. The van der Waals surface area contributed by atoms with Crippen molar-refractivity contribution in [3.63, 3.8) is 0 Å². The molecule has 0 atom stereocenters. The van der Waals surface area contributed by atoms with Crippen molar-refractivity contribution in [2.45, 2.75) is 11.4 Å². The van der Waals surface area contributed by atoms with Gasteiger partial charge in [0.05, 0.1) is 4.90 Å². The Balaban J connectivity index is 2.41. The van der Waals surface area contributed by atoms with E-state index in [1.165, 1.54) is 6.26 Å². The molecule has 2 aromatic rings. The van der Waals surface area contributed by atoms with Gasteiger partial charge >= 0.3 is 0 Å². The molecule has 0 saturated carbocycles. The Kier molecular flexibility index (Phi) is 3.24. The first-order valence-electron chi connectivity index (χ1n) is 5.29. The highest BCUT2D eigenvalue weighted by molar-refractivity contribution is 7.90. The van der Waals surface area contributed by atoms with Crippen LogP contribution >= 0.6 is 0 Å². The maximum absolute atomic E-state index is 11.6. The summed E-state index contributed by atoms with van der Waals surface area (Å²) in [7, 11) is -3.17. The van der Waals surface area contributed by atoms with Gasteiger partial charge < -0.3 is 0 Å². The standard InChI is InChI=1S/C13H14NO2S/c1-17(15,16)13-8-4-3-7-12(13)11-14-9-5-2-6-10-14/h2-10H,11H2,1H3/q+1. The van der Waals surface area contributed by atoms with E-state index >= 15 is 0 Å². The van der Waals surface area contributed by atoms with Gasteiger partial charge in [0.15, 0.2) is 28.8 Å². The molecule has 4 heteroatoms. The third kappa shape index (κ3) is 2.91. The van der Waals surface area contributed by atoms with Gasteiger partial charge in [-0.15, -0.1) is 0 Å². The predicted octanol–water partition coefficient (Wildman–Crippen LogP) is 1.43. The van der Waals surface area contributed by atoms with E-state index in [4.69, 9.17) is 0 Å². The molecule has 1 aromatic heterocycles. The van der Waals surface area contributed by atoms with Gasteiger partial charge in [0.2, 0.25) is 0 Å². The minimum atomic E-state index is -3.17. The molecule has 0 N–H and O–H groups in total. The number of nitrogens with zero attached hydrogens (tertiary/aromatic N) is 1. The number of hydrogen-bond acceptors (Lipinski definition) is 2. The van der Waals surface area contributed by atoms with E-state index in [2.05, 4.69) is 0 Å². The first-order valence-corrected chi connectivity index (χ1v) is 7.18. The largest absolute Gasteiger partial charge is 0.224 e. The van der Waals surface area contributed by atoms with Crippen molar-refractivity contribution in [2.75, 3.05) is 6.26 Å². The van der Waals surface area contributed by atoms with Crippen LogP contribution in [0.2, 0.25) is 0 Å². The smallest absolute Gasteiger partial charge is 0.176 e.